The average Bonchev–Trinajstić information content (AvgIpc) is 2.81. The summed E-state index contributed by atoms with van der Waals surface area (Å²) in [4.78, 5) is 25.0. The van der Waals surface area contributed by atoms with Crippen LogP contribution >= 0.6 is 0 Å². The SMILES string of the molecule is COc1ccc(CNC(=O)c2c(OC)cc(OC)cc2-c2ccccc2C(=O)O)cc1. The first-order valence-electron chi connectivity index (χ1n) is 9.48. The molecule has 3 aromatic rings. The van der Waals surface area contributed by atoms with Gasteiger partial charge in [0, 0.05) is 18.2 Å². The van der Waals surface area contributed by atoms with E-state index in [2.05, 4.69) is 5.32 Å². The maximum absolute atomic E-state index is 13.2. The lowest BCUT2D eigenvalue weighted by atomic mass is 9.93. The molecule has 7 heteroatoms. The predicted molar refractivity (Wildman–Crippen MR) is 116 cm³/mol. The minimum absolute atomic E-state index is 0.0713. The highest BCUT2D eigenvalue weighted by Gasteiger charge is 2.23. The molecule has 0 saturated heterocycles. The van der Waals surface area contributed by atoms with Crippen molar-refractivity contribution in [3.05, 3.63) is 77.4 Å². The zero-order chi connectivity index (χ0) is 22.4. The highest BCUT2D eigenvalue weighted by molar-refractivity contribution is 6.07. The number of nitrogens with one attached hydrogen (secondary N) is 1. The lowest BCUT2D eigenvalue weighted by Gasteiger charge is -2.17. The first kappa shape index (κ1) is 21.7. The van der Waals surface area contributed by atoms with Crippen molar-refractivity contribution in [3.8, 4) is 28.4 Å². The van der Waals surface area contributed by atoms with Crippen LogP contribution in [0.4, 0.5) is 0 Å². The molecule has 1 amide bonds. The Morgan fingerprint density at radius 1 is 0.839 bits per heavy atom. The van der Waals surface area contributed by atoms with Crippen molar-refractivity contribution in [3.63, 3.8) is 0 Å². The van der Waals surface area contributed by atoms with Gasteiger partial charge in [0.15, 0.2) is 0 Å². The second-order valence-corrected chi connectivity index (χ2v) is 6.63. The Kier molecular flexibility index (Phi) is 6.77. The Morgan fingerprint density at radius 2 is 1.52 bits per heavy atom. The van der Waals surface area contributed by atoms with E-state index in [-0.39, 0.29) is 23.4 Å². The zero-order valence-corrected chi connectivity index (χ0v) is 17.5. The molecule has 0 bridgehead atoms. The van der Waals surface area contributed by atoms with Crippen LogP contribution in [-0.4, -0.2) is 38.3 Å². The Labute approximate surface area is 180 Å². The number of amides is 1. The van der Waals surface area contributed by atoms with Gasteiger partial charge in [0.1, 0.15) is 17.2 Å². The first-order chi connectivity index (χ1) is 15.0. The molecule has 0 aliphatic carbocycles. The van der Waals surface area contributed by atoms with Crippen molar-refractivity contribution in [2.24, 2.45) is 0 Å². The molecule has 2 N–H and O–H groups in total. The van der Waals surface area contributed by atoms with Gasteiger partial charge < -0.3 is 24.6 Å². The monoisotopic (exact) mass is 421 g/mol. The third-order valence-electron chi connectivity index (χ3n) is 4.82. The lowest BCUT2D eigenvalue weighted by Crippen LogP contribution is -2.24. The van der Waals surface area contributed by atoms with Crippen molar-refractivity contribution in [1.29, 1.82) is 0 Å². The zero-order valence-electron chi connectivity index (χ0n) is 17.5. The summed E-state index contributed by atoms with van der Waals surface area (Å²) in [6.45, 7) is 0.276. The number of carboxylic acids is 1. The van der Waals surface area contributed by atoms with Gasteiger partial charge in [-0.2, -0.15) is 0 Å². The number of ether oxygens (including phenoxy) is 3. The number of hydrogen-bond acceptors (Lipinski definition) is 5. The van der Waals surface area contributed by atoms with E-state index in [1.165, 1.54) is 20.3 Å². The van der Waals surface area contributed by atoms with Crippen LogP contribution in [0, 0.1) is 0 Å². The fourth-order valence-electron chi connectivity index (χ4n) is 3.23. The second-order valence-electron chi connectivity index (χ2n) is 6.63. The molecule has 0 heterocycles. The molecule has 7 nitrogen and oxygen atoms in total. The number of aromatic carboxylic acids is 1. The van der Waals surface area contributed by atoms with Crippen LogP contribution < -0.4 is 19.5 Å². The van der Waals surface area contributed by atoms with Gasteiger partial charge in [0.25, 0.3) is 5.91 Å². The molecule has 0 atom stereocenters. The molecule has 160 valence electrons. The van der Waals surface area contributed by atoms with Gasteiger partial charge >= 0.3 is 5.97 Å². The number of carbonyl (C=O) groups is 2. The summed E-state index contributed by atoms with van der Waals surface area (Å²) in [5, 5.41) is 12.5. The lowest BCUT2D eigenvalue weighted by molar-refractivity contribution is 0.0697. The van der Waals surface area contributed by atoms with Gasteiger partial charge in [-0.25, -0.2) is 4.79 Å². The fourth-order valence-corrected chi connectivity index (χ4v) is 3.23. The standard InChI is InChI=1S/C24H23NO6/c1-29-16-10-8-15(9-11-16)14-25-23(26)22-20(12-17(30-2)13-21(22)31-3)18-6-4-5-7-19(18)24(27)28/h4-13H,14H2,1-3H3,(H,25,26)(H,27,28). The Morgan fingerprint density at radius 3 is 2.13 bits per heavy atom. The molecule has 0 aliphatic rings. The molecule has 0 aliphatic heterocycles. The minimum Gasteiger partial charge on any atom is -0.497 e. The van der Waals surface area contributed by atoms with E-state index in [0.717, 1.165) is 11.3 Å². The topological polar surface area (TPSA) is 94.1 Å². The maximum atomic E-state index is 13.2. The summed E-state index contributed by atoms with van der Waals surface area (Å²) in [5.74, 6) is -0.0486. The fraction of sp³-hybridized carbons (Fsp3) is 0.167. The quantitative estimate of drug-likeness (QED) is 0.571. The van der Waals surface area contributed by atoms with E-state index in [9.17, 15) is 14.7 Å². The number of carbonyl (C=O) groups excluding carboxylic acids is 1. The largest absolute Gasteiger partial charge is 0.497 e. The number of hydrogen-bond donors (Lipinski definition) is 2. The first-order valence-corrected chi connectivity index (χ1v) is 9.48. The molecule has 0 unspecified atom stereocenters. The maximum Gasteiger partial charge on any atom is 0.336 e. The molecule has 0 fully saturated rings. The summed E-state index contributed by atoms with van der Waals surface area (Å²) < 4.78 is 15.9. The van der Waals surface area contributed by atoms with E-state index in [4.69, 9.17) is 14.2 Å². The summed E-state index contributed by atoms with van der Waals surface area (Å²) in [7, 11) is 4.52. The van der Waals surface area contributed by atoms with Gasteiger partial charge in [0.2, 0.25) is 0 Å². The van der Waals surface area contributed by atoms with Crippen molar-refractivity contribution >= 4 is 11.9 Å². The van der Waals surface area contributed by atoms with Crippen molar-refractivity contribution < 1.29 is 28.9 Å². The highest BCUT2D eigenvalue weighted by atomic mass is 16.5. The number of carboxylic acid groups (broad SMARTS) is 1. The van der Waals surface area contributed by atoms with E-state index in [1.807, 2.05) is 24.3 Å². The van der Waals surface area contributed by atoms with Crippen molar-refractivity contribution in [2.45, 2.75) is 6.54 Å². The van der Waals surface area contributed by atoms with E-state index in [1.54, 1.807) is 37.4 Å². The smallest absolute Gasteiger partial charge is 0.336 e. The van der Waals surface area contributed by atoms with Crippen LogP contribution in [0.3, 0.4) is 0 Å². The van der Waals surface area contributed by atoms with Crippen LogP contribution in [0.25, 0.3) is 11.1 Å². The Balaban J connectivity index is 2.03. The summed E-state index contributed by atoms with van der Waals surface area (Å²) in [6.07, 6.45) is 0. The van der Waals surface area contributed by atoms with Crippen LogP contribution in [0.5, 0.6) is 17.2 Å². The third kappa shape index (κ3) is 4.78. The molecule has 3 rings (SSSR count). The van der Waals surface area contributed by atoms with Crippen LogP contribution in [0.2, 0.25) is 0 Å². The molecule has 0 radical (unpaired) electrons. The van der Waals surface area contributed by atoms with Crippen LogP contribution in [-0.2, 0) is 6.54 Å². The predicted octanol–water partition coefficient (Wildman–Crippen LogP) is 4.01. The Hall–Kier alpha value is -4.00. The molecule has 3 aromatic carbocycles. The van der Waals surface area contributed by atoms with Crippen LogP contribution in [0.15, 0.2) is 60.7 Å². The average molecular weight is 421 g/mol. The molecule has 31 heavy (non-hydrogen) atoms. The molecular weight excluding hydrogens is 398 g/mol. The summed E-state index contributed by atoms with van der Waals surface area (Å²) >= 11 is 0. The summed E-state index contributed by atoms with van der Waals surface area (Å²) in [5.41, 5.74) is 1.98. The second kappa shape index (κ2) is 9.67. The van der Waals surface area contributed by atoms with Gasteiger partial charge in [0.05, 0.1) is 32.5 Å². The van der Waals surface area contributed by atoms with Gasteiger partial charge in [-0.3, -0.25) is 4.79 Å². The van der Waals surface area contributed by atoms with E-state index < -0.39 is 11.9 Å². The number of rotatable bonds is 8. The van der Waals surface area contributed by atoms with Crippen molar-refractivity contribution in [1.82, 2.24) is 5.32 Å². The van der Waals surface area contributed by atoms with E-state index in [0.29, 0.717) is 16.9 Å². The molecular formula is C24H23NO6. The van der Waals surface area contributed by atoms with Crippen LogP contribution in [0.1, 0.15) is 26.3 Å². The number of methoxy groups -OCH3 is 3. The Bertz CT molecular complexity index is 1090. The highest BCUT2D eigenvalue weighted by Crippen LogP contribution is 2.37. The molecule has 0 aromatic heterocycles. The normalized spacial score (nSPS) is 10.3. The number of benzene rings is 3. The third-order valence-corrected chi connectivity index (χ3v) is 4.82. The van der Waals surface area contributed by atoms with Gasteiger partial charge in [-0.1, -0.05) is 30.3 Å². The van der Waals surface area contributed by atoms with Crippen molar-refractivity contribution in [2.75, 3.05) is 21.3 Å². The molecule has 0 spiro atoms. The van der Waals surface area contributed by atoms with Gasteiger partial charge in [-0.15, -0.1) is 0 Å². The van der Waals surface area contributed by atoms with Gasteiger partial charge in [-0.05, 0) is 35.4 Å². The van der Waals surface area contributed by atoms with E-state index >= 15 is 0 Å². The molecule has 0 saturated carbocycles. The minimum atomic E-state index is -1.10. The summed E-state index contributed by atoms with van der Waals surface area (Å²) in [6, 6.07) is 17.0.